The van der Waals surface area contributed by atoms with Crippen molar-refractivity contribution in [3.8, 4) is 5.75 Å². The first-order chi connectivity index (χ1) is 11.7. The first kappa shape index (κ1) is 14.8. The van der Waals surface area contributed by atoms with Gasteiger partial charge in [-0.3, -0.25) is 4.79 Å². The summed E-state index contributed by atoms with van der Waals surface area (Å²) in [5, 5.41) is 0. The molecule has 1 amide bonds. The number of aryl methyl sites for hydroxylation is 1. The van der Waals surface area contributed by atoms with Gasteiger partial charge in [0, 0.05) is 25.9 Å². The molecule has 5 nitrogen and oxygen atoms in total. The van der Waals surface area contributed by atoms with E-state index in [0.717, 1.165) is 28.3 Å². The summed E-state index contributed by atoms with van der Waals surface area (Å²) in [5.41, 5.74) is 2.89. The van der Waals surface area contributed by atoms with Gasteiger partial charge in [-0.15, -0.1) is 0 Å². The van der Waals surface area contributed by atoms with Crippen LogP contribution >= 0.6 is 0 Å². The third-order valence-corrected chi connectivity index (χ3v) is 4.69. The molecule has 0 saturated carbocycles. The molecule has 1 aliphatic rings. The molecule has 0 aliphatic carbocycles. The van der Waals surface area contributed by atoms with Gasteiger partial charge in [0.2, 0.25) is 5.91 Å². The van der Waals surface area contributed by atoms with E-state index in [4.69, 9.17) is 9.72 Å². The third kappa shape index (κ3) is 2.24. The van der Waals surface area contributed by atoms with Crippen molar-refractivity contribution >= 4 is 22.6 Å². The average molecular weight is 321 g/mol. The Morgan fingerprint density at radius 1 is 1.12 bits per heavy atom. The zero-order chi connectivity index (χ0) is 16.7. The Morgan fingerprint density at radius 3 is 2.67 bits per heavy atom. The molecule has 1 aliphatic heterocycles. The van der Waals surface area contributed by atoms with Crippen LogP contribution in [0.3, 0.4) is 0 Å². The number of benzene rings is 2. The minimum absolute atomic E-state index is 0.0832. The minimum Gasteiger partial charge on any atom is -0.495 e. The summed E-state index contributed by atoms with van der Waals surface area (Å²) >= 11 is 0. The molecule has 5 heteroatoms. The summed E-state index contributed by atoms with van der Waals surface area (Å²) < 4.78 is 7.50. The van der Waals surface area contributed by atoms with Crippen molar-refractivity contribution in [3.63, 3.8) is 0 Å². The van der Waals surface area contributed by atoms with Gasteiger partial charge in [-0.1, -0.05) is 24.3 Å². The van der Waals surface area contributed by atoms with Gasteiger partial charge in [-0.05, 0) is 24.3 Å². The van der Waals surface area contributed by atoms with Crippen LogP contribution in [0.2, 0.25) is 0 Å². The number of para-hydroxylation sites is 4. The van der Waals surface area contributed by atoms with Gasteiger partial charge in [0.15, 0.2) is 0 Å². The molecule has 0 radical (unpaired) electrons. The molecule has 0 bridgehead atoms. The molecule has 1 atom stereocenters. The molecular weight excluding hydrogens is 302 g/mol. The predicted octanol–water partition coefficient (Wildman–Crippen LogP) is 3.10. The Balaban J connectivity index is 1.69. The summed E-state index contributed by atoms with van der Waals surface area (Å²) in [6, 6.07) is 15.7. The van der Waals surface area contributed by atoms with Crippen molar-refractivity contribution in [2.45, 2.75) is 12.3 Å². The van der Waals surface area contributed by atoms with E-state index in [-0.39, 0.29) is 11.8 Å². The Labute approximate surface area is 140 Å². The largest absolute Gasteiger partial charge is 0.495 e. The van der Waals surface area contributed by atoms with E-state index in [1.54, 1.807) is 7.11 Å². The summed E-state index contributed by atoms with van der Waals surface area (Å²) in [7, 11) is 3.64. The SMILES string of the molecule is COc1ccccc1N1C[C@H](c2nc3ccccc3n2C)CC1=O. The van der Waals surface area contributed by atoms with Gasteiger partial charge < -0.3 is 14.2 Å². The zero-order valence-corrected chi connectivity index (χ0v) is 13.8. The lowest BCUT2D eigenvalue weighted by Gasteiger charge is -2.19. The van der Waals surface area contributed by atoms with Crippen LogP contribution in [0.25, 0.3) is 11.0 Å². The van der Waals surface area contributed by atoms with E-state index in [1.165, 1.54) is 0 Å². The predicted molar refractivity (Wildman–Crippen MR) is 93.4 cm³/mol. The van der Waals surface area contributed by atoms with Gasteiger partial charge >= 0.3 is 0 Å². The number of carbonyl (C=O) groups is 1. The number of nitrogens with zero attached hydrogens (tertiary/aromatic N) is 3. The highest BCUT2D eigenvalue weighted by Crippen LogP contribution is 2.36. The molecule has 1 aromatic heterocycles. The second-order valence-electron chi connectivity index (χ2n) is 6.09. The lowest BCUT2D eigenvalue weighted by Crippen LogP contribution is -2.25. The quantitative estimate of drug-likeness (QED) is 0.745. The van der Waals surface area contributed by atoms with Crippen molar-refractivity contribution in [1.82, 2.24) is 9.55 Å². The number of rotatable bonds is 3. The van der Waals surface area contributed by atoms with Crippen molar-refractivity contribution in [2.75, 3.05) is 18.6 Å². The van der Waals surface area contributed by atoms with Crippen LogP contribution in [0.4, 0.5) is 5.69 Å². The molecule has 1 fully saturated rings. The molecule has 0 N–H and O–H groups in total. The molecule has 2 heterocycles. The van der Waals surface area contributed by atoms with Crippen molar-refractivity contribution in [3.05, 3.63) is 54.4 Å². The van der Waals surface area contributed by atoms with Crippen LogP contribution in [-0.2, 0) is 11.8 Å². The molecular formula is C19H19N3O2. The molecule has 24 heavy (non-hydrogen) atoms. The van der Waals surface area contributed by atoms with Gasteiger partial charge in [0.1, 0.15) is 11.6 Å². The highest BCUT2D eigenvalue weighted by Gasteiger charge is 2.35. The first-order valence-electron chi connectivity index (χ1n) is 8.04. The number of hydrogen-bond donors (Lipinski definition) is 0. The van der Waals surface area contributed by atoms with Crippen LogP contribution < -0.4 is 9.64 Å². The van der Waals surface area contributed by atoms with Crippen LogP contribution in [0.5, 0.6) is 5.75 Å². The van der Waals surface area contributed by atoms with E-state index >= 15 is 0 Å². The first-order valence-corrected chi connectivity index (χ1v) is 8.04. The van der Waals surface area contributed by atoms with Crippen molar-refractivity contribution in [1.29, 1.82) is 0 Å². The molecule has 4 rings (SSSR count). The fourth-order valence-electron chi connectivity index (χ4n) is 3.50. The number of fused-ring (bicyclic) bond motifs is 1. The molecule has 122 valence electrons. The standard InChI is InChI=1S/C19H19N3O2/c1-21-15-8-4-3-7-14(15)20-19(21)13-11-18(23)22(12-13)16-9-5-6-10-17(16)24-2/h3-10,13H,11-12H2,1-2H3/t13-/m1/s1. The van der Waals surface area contributed by atoms with E-state index in [9.17, 15) is 4.79 Å². The van der Waals surface area contributed by atoms with Crippen LogP contribution in [0.1, 0.15) is 18.2 Å². The highest BCUT2D eigenvalue weighted by atomic mass is 16.5. The lowest BCUT2D eigenvalue weighted by atomic mass is 10.1. The molecule has 1 saturated heterocycles. The molecule has 3 aromatic rings. The van der Waals surface area contributed by atoms with E-state index < -0.39 is 0 Å². The Morgan fingerprint density at radius 2 is 1.88 bits per heavy atom. The maximum Gasteiger partial charge on any atom is 0.227 e. The smallest absolute Gasteiger partial charge is 0.227 e. The number of aromatic nitrogens is 2. The number of carbonyl (C=O) groups excluding carboxylic acids is 1. The van der Waals surface area contributed by atoms with Gasteiger partial charge in [0.05, 0.1) is 23.8 Å². The van der Waals surface area contributed by atoms with Crippen LogP contribution in [0.15, 0.2) is 48.5 Å². The monoisotopic (exact) mass is 321 g/mol. The molecule has 0 spiro atoms. The highest BCUT2D eigenvalue weighted by molar-refractivity contribution is 5.97. The van der Waals surface area contributed by atoms with Crippen molar-refractivity contribution < 1.29 is 9.53 Å². The maximum atomic E-state index is 12.6. The number of ether oxygens (including phenoxy) is 1. The van der Waals surface area contributed by atoms with Crippen LogP contribution in [-0.4, -0.2) is 29.1 Å². The zero-order valence-electron chi connectivity index (χ0n) is 13.8. The minimum atomic E-state index is 0.0832. The summed E-state index contributed by atoms with van der Waals surface area (Å²) in [4.78, 5) is 19.1. The molecule has 0 unspecified atom stereocenters. The third-order valence-electron chi connectivity index (χ3n) is 4.69. The Hall–Kier alpha value is -2.82. The second kappa shape index (κ2) is 5.67. The number of amides is 1. The topological polar surface area (TPSA) is 47.4 Å². The maximum absolute atomic E-state index is 12.6. The van der Waals surface area contributed by atoms with Gasteiger partial charge in [-0.2, -0.15) is 0 Å². The fourth-order valence-corrected chi connectivity index (χ4v) is 3.50. The number of hydrogen-bond acceptors (Lipinski definition) is 3. The van der Waals surface area contributed by atoms with Crippen LogP contribution in [0, 0.1) is 0 Å². The lowest BCUT2D eigenvalue weighted by molar-refractivity contribution is -0.117. The summed E-state index contributed by atoms with van der Waals surface area (Å²) in [6.07, 6.45) is 0.467. The average Bonchev–Trinajstić information content (AvgIpc) is 3.15. The Bertz CT molecular complexity index is 916. The number of anilines is 1. The van der Waals surface area contributed by atoms with Gasteiger partial charge in [0.25, 0.3) is 0 Å². The Kier molecular flexibility index (Phi) is 3.49. The van der Waals surface area contributed by atoms with E-state index in [0.29, 0.717) is 13.0 Å². The number of imidazole rings is 1. The summed E-state index contributed by atoms with van der Waals surface area (Å²) in [6.45, 7) is 0.621. The second-order valence-corrected chi connectivity index (χ2v) is 6.09. The van der Waals surface area contributed by atoms with E-state index in [1.807, 2.05) is 54.4 Å². The number of methoxy groups -OCH3 is 1. The van der Waals surface area contributed by atoms with E-state index in [2.05, 4.69) is 10.6 Å². The van der Waals surface area contributed by atoms with Crippen molar-refractivity contribution in [2.24, 2.45) is 7.05 Å². The normalized spacial score (nSPS) is 17.7. The fraction of sp³-hybridized carbons (Fsp3) is 0.263. The van der Waals surface area contributed by atoms with Gasteiger partial charge in [-0.25, -0.2) is 4.98 Å². The molecule has 2 aromatic carbocycles. The summed E-state index contributed by atoms with van der Waals surface area (Å²) in [5.74, 6) is 1.87.